The molecule has 1 aromatic carbocycles. The van der Waals surface area contributed by atoms with Crippen molar-refractivity contribution < 1.29 is 0 Å². The third-order valence-corrected chi connectivity index (χ3v) is 4.87. The van der Waals surface area contributed by atoms with Crippen molar-refractivity contribution in [1.82, 2.24) is 4.90 Å². The van der Waals surface area contributed by atoms with Gasteiger partial charge in [-0.1, -0.05) is 6.07 Å². The van der Waals surface area contributed by atoms with Gasteiger partial charge in [-0.3, -0.25) is 4.90 Å². The number of rotatable bonds is 3. The van der Waals surface area contributed by atoms with E-state index < -0.39 is 0 Å². The smallest absolute Gasteiger partial charge is 0.0991 e. The summed E-state index contributed by atoms with van der Waals surface area (Å²) in [6, 6.07) is 8.78. The van der Waals surface area contributed by atoms with Gasteiger partial charge in [0.05, 0.1) is 11.6 Å². The molecule has 1 heterocycles. The van der Waals surface area contributed by atoms with Crippen LogP contribution in [-0.2, 0) is 13.1 Å². The van der Waals surface area contributed by atoms with Crippen molar-refractivity contribution in [2.24, 2.45) is 11.7 Å². The standard InChI is InChI=1S/C17H23N3/c18-10-14-1-4-15-11-20(12-16(15)9-14)8-7-13-2-5-17(19)6-3-13/h1,4,9,13,17H,2-3,5-8,11-12,19H2. The van der Waals surface area contributed by atoms with Crippen molar-refractivity contribution in [3.63, 3.8) is 0 Å². The number of hydrogen-bond acceptors (Lipinski definition) is 3. The number of nitrogens with zero attached hydrogens (tertiary/aromatic N) is 2. The van der Waals surface area contributed by atoms with E-state index in [1.54, 1.807) is 0 Å². The van der Waals surface area contributed by atoms with E-state index in [0.29, 0.717) is 6.04 Å². The van der Waals surface area contributed by atoms with Crippen LogP contribution in [0.4, 0.5) is 0 Å². The Balaban J connectivity index is 1.50. The van der Waals surface area contributed by atoms with Crippen molar-refractivity contribution in [3.8, 4) is 6.07 Å². The van der Waals surface area contributed by atoms with E-state index in [9.17, 15) is 0 Å². The maximum atomic E-state index is 8.96. The molecule has 1 aliphatic heterocycles. The van der Waals surface area contributed by atoms with Crippen LogP contribution in [0, 0.1) is 17.2 Å². The second-order valence-electron chi connectivity index (χ2n) is 6.38. The highest BCUT2D eigenvalue weighted by molar-refractivity contribution is 5.39. The summed E-state index contributed by atoms with van der Waals surface area (Å²) in [5.74, 6) is 0.869. The molecule has 2 N–H and O–H groups in total. The molecule has 2 aliphatic rings. The van der Waals surface area contributed by atoms with Crippen LogP contribution in [0.15, 0.2) is 18.2 Å². The minimum Gasteiger partial charge on any atom is -0.328 e. The molecule has 0 spiro atoms. The lowest BCUT2D eigenvalue weighted by Gasteiger charge is -2.27. The van der Waals surface area contributed by atoms with Crippen LogP contribution in [-0.4, -0.2) is 17.5 Å². The molecule has 0 atom stereocenters. The lowest BCUT2D eigenvalue weighted by Crippen LogP contribution is -2.28. The van der Waals surface area contributed by atoms with Crippen molar-refractivity contribution in [1.29, 1.82) is 5.26 Å². The molecule has 3 nitrogen and oxygen atoms in total. The van der Waals surface area contributed by atoms with E-state index in [1.165, 1.54) is 49.8 Å². The maximum absolute atomic E-state index is 8.96. The van der Waals surface area contributed by atoms with Crippen molar-refractivity contribution >= 4 is 0 Å². The average Bonchev–Trinajstić information content (AvgIpc) is 2.88. The third kappa shape index (κ3) is 3.03. The molecule has 0 bridgehead atoms. The summed E-state index contributed by atoms with van der Waals surface area (Å²) in [7, 11) is 0. The molecule has 1 aliphatic carbocycles. The number of nitriles is 1. The van der Waals surface area contributed by atoms with Crippen LogP contribution in [0.2, 0.25) is 0 Å². The van der Waals surface area contributed by atoms with E-state index in [-0.39, 0.29) is 0 Å². The largest absolute Gasteiger partial charge is 0.328 e. The van der Waals surface area contributed by atoms with Gasteiger partial charge >= 0.3 is 0 Å². The van der Waals surface area contributed by atoms with E-state index in [2.05, 4.69) is 23.1 Å². The maximum Gasteiger partial charge on any atom is 0.0991 e. The summed E-state index contributed by atoms with van der Waals surface area (Å²) in [5.41, 5.74) is 9.49. The number of fused-ring (bicyclic) bond motifs is 1. The fourth-order valence-corrected chi connectivity index (χ4v) is 3.53. The number of benzene rings is 1. The summed E-state index contributed by atoms with van der Waals surface area (Å²) in [4.78, 5) is 2.51. The van der Waals surface area contributed by atoms with Gasteiger partial charge in [0.2, 0.25) is 0 Å². The zero-order chi connectivity index (χ0) is 13.9. The van der Waals surface area contributed by atoms with Gasteiger partial charge in [-0.25, -0.2) is 0 Å². The summed E-state index contributed by atoms with van der Waals surface area (Å²) >= 11 is 0. The summed E-state index contributed by atoms with van der Waals surface area (Å²) < 4.78 is 0. The normalized spacial score (nSPS) is 26.2. The van der Waals surface area contributed by atoms with Gasteiger partial charge in [-0.15, -0.1) is 0 Å². The Bertz CT molecular complexity index is 509. The first-order valence-electron chi connectivity index (χ1n) is 7.74. The van der Waals surface area contributed by atoms with Gasteiger partial charge in [0.25, 0.3) is 0 Å². The highest BCUT2D eigenvalue weighted by Crippen LogP contribution is 2.28. The lowest BCUT2D eigenvalue weighted by molar-refractivity contribution is 0.229. The van der Waals surface area contributed by atoms with Gasteiger partial charge in [-0.05, 0) is 67.8 Å². The molecule has 0 saturated heterocycles. The number of hydrogen-bond donors (Lipinski definition) is 1. The Kier molecular flexibility index (Phi) is 4.05. The molecular weight excluding hydrogens is 246 g/mol. The van der Waals surface area contributed by atoms with E-state index in [1.807, 2.05) is 6.07 Å². The molecule has 3 rings (SSSR count). The molecule has 1 aromatic rings. The van der Waals surface area contributed by atoms with Crippen LogP contribution in [0.1, 0.15) is 48.8 Å². The summed E-state index contributed by atoms with van der Waals surface area (Å²) in [5, 5.41) is 8.96. The molecule has 0 radical (unpaired) electrons. The second-order valence-corrected chi connectivity index (χ2v) is 6.38. The van der Waals surface area contributed by atoms with E-state index in [4.69, 9.17) is 11.0 Å². The van der Waals surface area contributed by atoms with Crippen molar-refractivity contribution in [2.45, 2.75) is 51.2 Å². The minimum absolute atomic E-state index is 0.451. The molecule has 3 heteroatoms. The van der Waals surface area contributed by atoms with Gasteiger partial charge in [0.15, 0.2) is 0 Å². The highest BCUT2D eigenvalue weighted by atomic mass is 15.1. The Labute approximate surface area is 121 Å². The zero-order valence-corrected chi connectivity index (χ0v) is 12.0. The zero-order valence-electron chi connectivity index (χ0n) is 12.0. The molecule has 0 aromatic heterocycles. The highest BCUT2D eigenvalue weighted by Gasteiger charge is 2.22. The van der Waals surface area contributed by atoms with Crippen molar-refractivity contribution in [3.05, 3.63) is 34.9 Å². The summed E-state index contributed by atoms with van der Waals surface area (Å²) in [6.07, 6.45) is 6.32. The molecule has 1 fully saturated rings. The predicted octanol–water partition coefficient (Wildman–Crippen LogP) is 2.78. The van der Waals surface area contributed by atoms with E-state index >= 15 is 0 Å². The van der Waals surface area contributed by atoms with Gasteiger partial charge in [-0.2, -0.15) is 5.26 Å². The van der Waals surface area contributed by atoms with Crippen LogP contribution < -0.4 is 5.73 Å². The van der Waals surface area contributed by atoms with E-state index in [0.717, 1.165) is 24.6 Å². The first kappa shape index (κ1) is 13.6. The van der Waals surface area contributed by atoms with Crippen LogP contribution >= 0.6 is 0 Å². The molecule has 106 valence electrons. The fraction of sp³-hybridized carbons (Fsp3) is 0.588. The molecule has 20 heavy (non-hydrogen) atoms. The molecule has 0 amide bonds. The third-order valence-electron chi connectivity index (χ3n) is 4.87. The van der Waals surface area contributed by atoms with Gasteiger partial charge in [0, 0.05) is 19.1 Å². The Morgan fingerprint density at radius 3 is 2.65 bits per heavy atom. The molecule has 0 unspecified atom stereocenters. The first-order chi connectivity index (χ1) is 9.74. The van der Waals surface area contributed by atoms with Gasteiger partial charge < -0.3 is 5.73 Å². The topological polar surface area (TPSA) is 53.0 Å². The Morgan fingerprint density at radius 2 is 1.90 bits per heavy atom. The second kappa shape index (κ2) is 5.95. The van der Waals surface area contributed by atoms with Gasteiger partial charge in [0.1, 0.15) is 0 Å². The minimum atomic E-state index is 0.451. The van der Waals surface area contributed by atoms with Crippen LogP contribution in [0.3, 0.4) is 0 Å². The molecule has 1 saturated carbocycles. The predicted molar refractivity (Wildman–Crippen MR) is 79.8 cm³/mol. The SMILES string of the molecule is N#Cc1ccc2c(c1)CN(CCC1CCC(N)CC1)C2. The molecular formula is C17H23N3. The monoisotopic (exact) mass is 269 g/mol. The van der Waals surface area contributed by atoms with Crippen LogP contribution in [0.5, 0.6) is 0 Å². The fourth-order valence-electron chi connectivity index (χ4n) is 3.53. The van der Waals surface area contributed by atoms with Crippen LogP contribution in [0.25, 0.3) is 0 Å². The first-order valence-corrected chi connectivity index (χ1v) is 7.74. The quantitative estimate of drug-likeness (QED) is 0.918. The van der Waals surface area contributed by atoms with Crippen molar-refractivity contribution in [2.75, 3.05) is 6.54 Å². The summed E-state index contributed by atoms with van der Waals surface area (Å²) in [6.45, 7) is 3.24. The lowest BCUT2D eigenvalue weighted by atomic mass is 9.84. The Morgan fingerprint density at radius 1 is 1.15 bits per heavy atom. The Hall–Kier alpha value is -1.37. The average molecular weight is 269 g/mol. The number of nitrogens with two attached hydrogens (primary N) is 1.